The maximum absolute atomic E-state index is 13.1. The van der Waals surface area contributed by atoms with Crippen molar-refractivity contribution < 1.29 is 39.3 Å². The molecular weight excluding hydrogens is 448 g/mol. The molecule has 0 aliphatic carbocycles. The third-order valence-corrected chi connectivity index (χ3v) is 5.26. The molecule has 3 amide bonds. The van der Waals surface area contributed by atoms with Crippen LogP contribution in [0.1, 0.15) is 39.2 Å². The Bertz CT molecular complexity index is 889. The standard InChI is InChI=1S/C22H32N4O8/c1-4-11(2)18(26-19(30)15(23)10-17(28)29)21(32)25-16(20(31)24-12(3)22(33)34)9-13-5-7-14(27)8-6-13/h5-8,11-12,15-16,18,27H,4,9-10,23H2,1-3H3,(H,24,31)(H,25,32)(H,26,30)(H,28,29)(H,33,34). The summed E-state index contributed by atoms with van der Waals surface area (Å²) in [5.74, 6) is -5.23. The second-order valence-corrected chi connectivity index (χ2v) is 8.08. The summed E-state index contributed by atoms with van der Waals surface area (Å²) in [5, 5.41) is 34.7. The van der Waals surface area contributed by atoms with Crippen LogP contribution in [-0.4, -0.2) is 69.1 Å². The number of nitrogens with two attached hydrogens (primary N) is 1. The Labute approximate surface area is 196 Å². The number of amides is 3. The second kappa shape index (κ2) is 13.1. The molecule has 0 fully saturated rings. The fraction of sp³-hybridized carbons (Fsp3) is 0.500. The maximum atomic E-state index is 13.1. The Balaban J connectivity index is 3.11. The number of carboxylic acid groups (broad SMARTS) is 2. The van der Waals surface area contributed by atoms with Gasteiger partial charge in [-0.1, -0.05) is 32.4 Å². The highest BCUT2D eigenvalue weighted by molar-refractivity contribution is 5.95. The molecule has 12 nitrogen and oxygen atoms in total. The Morgan fingerprint density at radius 3 is 2.00 bits per heavy atom. The molecule has 0 radical (unpaired) electrons. The molecule has 5 unspecified atom stereocenters. The zero-order chi connectivity index (χ0) is 26.0. The molecule has 0 heterocycles. The predicted octanol–water partition coefficient (Wildman–Crippen LogP) is -0.658. The van der Waals surface area contributed by atoms with Crippen LogP contribution in [0.4, 0.5) is 0 Å². The Morgan fingerprint density at radius 1 is 0.912 bits per heavy atom. The van der Waals surface area contributed by atoms with Gasteiger partial charge in [-0.2, -0.15) is 0 Å². The van der Waals surface area contributed by atoms with Crippen molar-refractivity contribution in [1.29, 1.82) is 0 Å². The summed E-state index contributed by atoms with van der Waals surface area (Å²) >= 11 is 0. The minimum atomic E-state index is -1.37. The van der Waals surface area contributed by atoms with Gasteiger partial charge in [0.25, 0.3) is 0 Å². The van der Waals surface area contributed by atoms with Crippen molar-refractivity contribution in [3.63, 3.8) is 0 Å². The summed E-state index contributed by atoms with van der Waals surface area (Å²) in [6.07, 6.45) is -0.180. The number of phenols is 1. The second-order valence-electron chi connectivity index (χ2n) is 8.08. The number of carbonyl (C=O) groups excluding carboxylic acids is 3. The highest BCUT2D eigenvalue weighted by Crippen LogP contribution is 2.13. The van der Waals surface area contributed by atoms with E-state index in [1.54, 1.807) is 26.0 Å². The average Bonchev–Trinajstić information content (AvgIpc) is 2.76. The van der Waals surface area contributed by atoms with Gasteiger partial charge >= 0.3 is 11.9 Å². The minimum Gasteiger partial charge on any atom is -0.508 e. The van der Waals surface area contributed by atoms with Crippen LogP contribution in [0.5, 0.6) is 5.75 Å². The van der Waals surface area contributed by atoms with Gasteiger partial charge < -0.3 is 37.0 Å². The first kappa shape index (κ1) is 28.4. The topological polar surface area (TPSA) is 208 Å². The SMILES string of the molecule is CCC(C)C(NC(=O)C(N)CC(=O)O)C(=O)NC(Cc1ccc(O)cc1)C(=O)NC(C)C(=O)O. The van der Waals surface area contributed by atoms with Crippen LogP contribution < -0.4 is 21.7 Å². The van der Waals surface area contributed by atoms with Gasteiger partial charge in [0.2, 0.25) is 17.7 Å². The first-order chi connectivity index (χ1) is 15.8. The highest BCUT2D eigenvalue weighted by Gasteiger charge is 2.32. The number of nitrogens with one attached hydrogen (secondary N) is 3. The van der Waals surface area contributed by atoms with E-state index in [1.165, 1.54) is 19.1 Å². The van der Waals surface area contributed by atoms with Crippen molar-refractivity contribution in [3.05, 3.63) is 29.8 Å². The largest absolute Gasteiger partial charge is 0.508 e. The normalized spacial score (nSPS) is 15.2. The van der Waals surface area contributed by atoms with Crippen LogP contribution in [0.3, 0.4) is 0 Å². The van der Waals surface area contributed by atoms with E-state index in [2.05, 4.69) is 16.0 Å². The van der Waals surface area contributed by atoms with Gasteiger partial charge in [0.05, 0.1) is 12.5 Å². The van der Waals surface area contributed by atoms with E-state index in [1.807, 2.05) is 0 Å². The van der Waals surface area contributed by atoms with Crippen LogP contribution in [-0.2, 0) is 30.4 Å². The van der Waals surface area contributed by atoms with Gasteiger partial charge in [-0.05, 0) is 30.5 Å². The van der Waals surface area contributed by atoms with Crippen molar-refractivity contribution in [3.8, 4) is 5.75 Å². The third-order valence-electron chi connectivity index (χ3n) is 5.26. The number of carboxylic acids is 2. The third kappa shape index (κ3) is 9.06. The fourth-order valence-corrected chi connectivity index (χ4v) is 2.96. The molecule has 0 aromatic heterocycles. The number of hydrogen-bond acceptors (Lipinski definition) is 7. The van der Waals surface area contributed by atoms with Crippen molar-refractivity contribution >= 4 is 29.7 Å². The molecule has 8 N–H and O–H groups in total. The zero-order valence-electron chi connectivity index (χ0n) is 19.3. The van der Waals surface area contributed by atoms with Crippen LogP contribution in [0, 0.1) is 5.92 Å². The van der Waals surface area contributed by atoms with Gasteiger partial charge in [0, 0.05) is 6.42 Å². The van der Waals surface area contributed by atoms with E-state index in [-0.39, 0.29) is 12.2 Å². The van der Waals surface area contributed by atoms with Crippen LogP contribution in [0.15, 0.2) is 24.3 Å². The zero-order valence-corrected chi connectivity index (χ0v) is 19.3. The number of phenolic OH excluding ortho intramolecular Hbond substituents is 1. The molecule has 0 spiro atoms. The first-order valence-electron chi connectivity index (χ1n) is 10.7. The molecule has 0 aliphatic rings. The first-order valence-corrected chi connectivity index (χ1v) is 10.7. The summed E-state index contributed by atoms with van der Waals surface area (Å²) < 4.78 is 0. The number of aromatic hydroxyl groups is 1. The minimum absolute atomic E-state index is 0.00512. The molecule has 12 heteroatoms. The Kier molecular flexibility index (Phi) is 11.0. The van der Waals surface area contributed by atoms with Crippen molar-refractivity contribution in [2.45, 2.75) is 64.2 Å². The monoisotopic (exact) mass is 480 g/mol. The lowest BCUT2D eigenvalue weighted by atomic mass is 9.96. The van der Waals surface area contributed by atoms with E-state index >= 15 is 0 Å². The maximum Gasteiger partial charge on any atom is 0.325 e. The molecule has 5 atom stereocenters. The molecular formula is C22H32N4O8. The molecule has 0 aliphatic heterocycles. The summed E-state index contributed by atoms with van der Waals surface area (Å²) in [7, 11) is 0. The molecule has 0 saturated carbocycles. The highest BCUT2D eigenvalue weighted by atomic mass is 16.4. The van der Waals surface area contributed by atoms with Crippen LogP contribution >= 0.6 is 0 Å². The number of rotatable bonds is 13. The Morgan fingerprint density at radius 2 is 1.50 bits per heavy atom. The quantitative estimate of drug-likeness (QED) is 0.191. The molecule has 1 rings (SSSR count). The van der Waals surface area contributed by atoms with Crippen molar-refractivity contribution in [1.82, 2.24) is 16.0 Å². The summed E-state index contributed by atoms with van der Waals surface area (Å²) in [4.78, 5) is 60.2. The lowest BCUT2D eigenvalue weighted by Crippen LogP contribution is -2.59. The lowest BCUT2D eigenvalue weighted by Gasteiger charge is -2.27. The molecule has 0 saturated heterocycles. The van der Waals surface area contributed by atoms with Gasteiger partial charge in [0.1, 0.15) is 23.9 Å². The van der Waals surface area contributed by atoms with Crippen molar-refractivity contribution in [2.24, 2.45) is 11.7 Å². The van der Waals surface area contributed by atoms with E-state index in [9.17, 15) is 29.1 Å². The molecule has 188 valence electrons. The Hall–Kier alpha value is -3.67. The summed E-state index contributed by atoms with van der Waals surface area (Å²) in [5.41, 5.74) is 6.17. The van der Waals surface area contributed by atoms with E-state index in [0.29, 0.717) is 12.0 Å². The summed E-state index contributed by atoms with van der Waals surface area (Å²) in [6.45, 7) is 4.74. The summed E-state index contributed by atoms with van der Waals surface area (Å²) in [6, 6.07) is 0.980. The van der Waals surface area contributed by atoms with E-state index < -0.39 is 66.2 Å². The van der Waals surface area contributed by atoms with Gasteiger partial charge in [0.15, 0.2) is 0 Å². The molecule has 1 aromatic rings. The lowest BCUT2D eigenvalue weighted by molar-refractivity contribution is -0.141. The van der Waals surface area contributed by atoms with Crippen LogP contribution in [0.25, 0.3) is 0 Å². The number of benzene rings is 1. The van der Waals surface area contributed by atoms with Gasteiger partial charge in [-0.25, -0.2) is 0 Å². The molecule has 34 heavy (non-hydrogen) atoms. The average molecular weight is 481 g/mol. The fourth-order valence-electron chi connectivity index (χ4n) is 2.96. The van der Waals surface area contributed by atoms with Gasteiger partial charge in [-0.15, -0.1) is 0 Å². The number of carbonyl (C=O) groups is 5. The molecule has 1 aromatic carbocycles. The van der Waals surface area contributed by atoms with E-state index in [4.69, 9.17) is 15.9 Å². The predicted molar refractivity (Wildman–Crippen MR) is 121 cm³/mol. The molecule has 0 bridgehead atoms. The number of aliphatic carboxylic acids is 2. The smallest absolute Gasteiger partial charge is 0.325 e. The van der Waals surface area contributed by atoms with E-state index in [0.717, 1.165) is 0 Å². The number of hydrogen-bond donors (Lipinski definition) is 7. The van der Waals surface area contributed by atoms with Crippen LogP contribution in [0.2, 0.25) is 0 Å². The van der Waals surface area contributed by atoms with Gasteiger partial charge in [-0.3, -0.25) is 24.0 Å². The van der Waals surface area contributed by atoms with Crippen molar-refractivity contribution in [2.75, 3.05) is 0 Å².